The summed E-state index contributed by atoms with van der Waals surface area (Å²) in [7, 11) is 0. The van der Waals surface area contributed by atoms with Crippen LogP contribution in [0.25, 0.3) is 11.0 Å². The van der Waals surface area contributed by atoms with Crippen LogP contribution >= 0.6 is 11.6 Å². The number of aromatic nitrogens is 2. The second-order valence-corrected chi connectivity index (χ2v) is 6.32. The highest BCUT2D eigenvalue weighted by Gasteiger charge is 2.21. The van der Waals surface area contributed by atoms with E-state index in [1.807, 2.05) is 6.07 Å². The molecule has 2 aromatic rings. The third-order valence-electron chi connectivity index (χ3n) is 4.84. The molecule has 1 aliphatic carbocycles. The predicted molar refractivity (Wildman–Crippen MR) is 85.0 cm³/mol. The van der Waals surface area contributed by atoms with Crippen molar-refractivity contribution in [2.75, 3.05) is 0 Å². The number of rotatable bonds is 4. The van der Waals surface area contributed by atoms with Crippen molar-refractivity contribution in [2.45, 2.75) is 51.5 Å². The molecule has 0 atom stereocenters. The van der Waals surface area contributed by atoms with Gasteiger partial charge in [-0.1, -0.05) is 38.3 Å². The Labute approximate surface area is 126 Å². The lowest BCUT2D eigenvalue weighted by atomic mass is 9.81. The van der Waals surface area contributed by atoms with E-state index in [0.717, 1.165) is 29.7 Å². The Morgan fingerprint density at radius 3 is 2.55 bits per heavy atom. The first-order valence-electron chi connectivity index (χ1n) is 7.82. The number of imidazole rings is 1. The Bertz CT molecular complexity index is 567. The van der Waals surface area contributed by atoms with Gasteiger partial charge in [0.05, 0.1) is 16.9 Å². The minimum atomic E-state index is 0.499. The molecule has 1 fully saturated rings. The second-order valence-electron chi connectivity index (χ2n) is 6.06. The van der Waals surface area contributed by atoms with Gasteiger partial charge in [-0.15, -0.1) is 11.6 Å². The molecule has 1 heterocycles. The summed E-state index contributed by atoms with van der Waals surface area (Å²) >= 11 is 6.08. The van der Waals surface area contributed by atoms with Crippen LogP contribution < -0.4 is 0 Å². The van der Waals surface area contributed by atoms with Gasteiger partial charge in [0.15, 0.2) is 0 Å². The van der Waals surface area contributed by atoms with E-state index in [1.54, 1.807) is 0 Å². The summed E-state index contributed by atoms with van der Waals surface area (Å²) in [5.41, 5.74) is 2.31. The lowest BCUT2D eigenvalue weighted by Gasteiger charge is -2.28. The third kappa shape index (κ3) is 2.71. The maximum Gasteiger partial charge on any atom is 0.124 e. The minimum Gasteiger partial charge on any atom is -0.327 e. The van der Waals surface area contributed by atoms with Crippen LogP contribution in [0.15, 0.2) is 24.3 Å². The first-order valence-corrected chi connectivity index (χ1v) is 8.35. The van der Waals surface area contributed by atoms with Crippen molar-refractivity contribution in [3.8, 4) is 0 Å². The molecule has 0 saturated heterocycles. The number of fused-ring (bicyclic) bond motifs is 1. The molecule has 0 bridgehead atoms. The molecule has 1 aliphatic rings. The average Bonchev–Trinajstić information content (AvgIpc) is 2.86. The van der Waals surface area contributed by atoms with Crippen molar-refractivity contribution in [3.05, 3.63) is 30.1 Å². The fraction of sp³-hybridized carbons (Fsp3) is 0.588. The van der Waals surface area contributed by atoms with Gasteiger partial charge in [0.1, 0.15) is 5.82 Å². The zero-order chi connectivity index (χ0) is 13.9. The van der Waals surface area contributed by atoms with Crippen LogP contribution in [0.2, 0.25) is 0 Å². The Morgan fingerprint density at radius 2 is 1.85 bits per heavy atom. The molecule has 3 heteroatoms. The zero-order valence-corrected chi connectivity index (χ0v) is 12.9. The van der Waals surface area contributed by atoms with E-state index in [4.69, 9.17) is 11.6 Å². The molecule has 1 saturated carbocycles. The normalized spacial score (nSPS) is 23.3. The lowest BCUT2D eigenvalue weighted by molar-refractivity contribution is 0.248. The smallest absolute Gasteiger partial charge is 0.124 e. The van der Waals surface area contributed by atoms with Gasteiger partial charge in [-0.05, 0) is 36.8 Å². The van der Waals surface area contributed by atoms with Crippen LogP contribution in [0.3, 0.4) is 0 Å². The largest absolute Gasteiger partial charge is 0.327 e. The van der Waals surface area contributed by atoms with Gasteiger partial charge in [-0.25, -0.2) is 4.98 Å². The molecule has 1 aromatic carbocycles. The molecule has 108 valence electrons. The number of hydrogen-bond acceptors (Lipinski definition) is 1. The molecule has 0 amide bonds. The number of halogens is 1. The molecule has 3 rings (SSSR count). The van der Waals surface area contributed by atoms with E-state index >= 15 is 0 Å². The molecule has 0 N–H and O–H groups in total. The van der Waals surface area contributed by atoms with E-state index in [9.17, 15) is 0 Å². The highest BCUT2D eigenvalue weighted by atomic mass is 35.5. The van der Waals surface area contributed by atoms with Crippen LogP contribution in [0.4, 0.5) is 0 Å². The minimum absolute atomic E-state index is 0.499. The molecule has 0 spiro atoms. The third-order valence-corrected chi connectivity index (χ3v) is 5.08. The van der Waals surface area contributed by atoms with Crippen molar-refractivity contribution >= 4 is 22.6 Å². The highest BCUT2D eigenvalue weighted by Crippen LogP contribution is 2.32. The van der Waals surface area contributed by atoms with Gasteiger partial charge in [0.25, 0.3) is 0 Å². The topological polar surface area (TPSA) is 17.8 Å². The molecule has 0 unspecified atom stereocenters. The van der Waals surface area contributed by atoms with E-state index < -0.39 is 0 Å². The van der Waals surface area contributed by atoms with Crippen molar-refractivity contribution in [1.82, 2.24) is 9.55 Å². The van der Waals surface area contributed by atoms with Crippen LogP contribution in [-0.2, 0) is 12.4 Å². The SMILES string of the molecule is CCC1CCC(Cn2c(CCl)nc3ccccc32)CC1. The van der Waals surface area contributed by atoms with Gasteiger partial charge in [0, 0.05) is 6.54 Å². The monoisotopic (exact) mass is 290 g/mol. The van der Waals surface area contributed by atoms with E-state index in [2.05, 4.69) is 34.7 Å². The Balaban J connectivity index is 1.80. The Morgan fingerprint density at radius 1 is 1.15 bits per heavy atom. The highest BCUT2D eigenvalue weighted by molar-refractivity contribution is 6.16. The second kappa shape index (κ2) is 6.17. The molecule has 2 nitrogen and oxygen atoms in total. The molecular formula is C17H23ClN2. The van der Waals surface area contributed by atoms with Crippen LogP contribution in [-0.4, -0.2) is 9.55 Å². The van der Waals surface area contributed by atoms with Gasteiger partial charge in [0.2, 0.25) is 0 Å². The standard InChI is InChI=1S/C17H23ClN2/c1-2-13-7-9-14(10-8-13)12-20-16-6-4-3-5-15(16)19-17(20)11-18/h3-6,13-14H,2,7-12H2,1H3. The van der Waals surface area contributed by atoms with Crippen molar-refractivity contribution in [1.29, 1.82) is 0 Å². The maximum absolute atomic E-state index is 6.08. The van der Waals surface area contributed by atoms with Crippen molar-refractivity contribution in [2.24, 2.45) is 11.8 Å². The predicted octanol–water partition coefficient (Wildman–Crippen LogP) is 4.99. The summed E-state index contributed by atoms with van der Waals surface area (Å²) < 4.78 is 2.35. The summed E-state index contributed by atoms with van der Waals surface area (Å²) in [6.45, 7) is 3.40. The average molecular weight is 291 g/mol. The van der Waals surface area contributed by atoms with Crippen molar-refractivity contribution in [3.63, 3.8) is 0 Å². The van der Waals surface area contributed by atoms with Crippen molar-refractivity contribution < 1.29 is 0 Å². The fourth-order valence-corrected chi connectivity index (χ4v) is 3.72. The lowest BCUT2D eigenvalue weighted by Crippen LogP contribution is -2.19. The van der Waals surface area contributed by atoms with Gasteiger partial charge < -0.3 is 4.57 Å². The van der Waals surface area contributed by atoms with Crippen LogP contribution in [0.1, 0.15) is 44.9 Å². The van der Waals surface area contributed by atoms with Gasteiger partial charge >= 0.3 is 0 Å². The van der Waals surface area contributed by atoms with Crippen LogP contribution in [0, 0.1) is 11.8 Å². The van der Waals surface area contributed by atoms with E-state index in [1.165, 1.54) is 37.6 Å². The maximum atomic E-state index is 6.08. The fourth-order valence-electron chi connectivity index (χ4n) is 3.51. The number of nitrogens with zero attached hydrogens (tertiary/aromatic N) is 2. The Kier molecular flexibility index (Phi) is 4.30. The van der Waals surface area contributed by atoms with E-state index in [0.29, 0.717) is 5.88 Å². The molecule has 20 heavy (non-hydrogen) atoms. The molecular weight excluding hydrogens is 268 g/mol. The number of hydrogen-bond donors (Lipinski definition) is 0. The summed E-state index contributed by atoms with van der Waals surface area (Å²) in [6, 6.07) is 8.38. The summed E-state index contributed by atoms with van der Waals surface area (Å²) in [4.78, 5) is 4.66. The first-order chi connectivity index (χ1) is 9.81. The summed E-state index contributed by atoms with van der Waals surface area (Å²) in [6.07, 6.45) is 6.83. The zero-order valence-electron chi connectivity index (χ0n) is 12.2. The first kappa shape index (κ1) is 13.9. The number of alkyl halides is 1. The number of benzene rings is 1. The van der Waals surface area contributed by atoms with E-state index in [-0.39, 0.29) is 0 Å². The quantitative estimate of drug-likeness (QED) is 0.725. The molecule has 0 aliphatic heterocycles. The summed E-state index contributed by atoms with van der Waals surface area (Å²) in [5.74, 6) is 3.26. The van der Waals surface area contributed by atoms with Crippen LogP contribution in [0.5, 0.6) is 0 Å². The van der Waals surface area contributed by atoms with Gasteiger partial charge in [-0.2, -0.15) is 0 Å². The molecule has 0 radical (unpaired) electrons. The Hall–Kier alpha value is -1.02. The van der Waals surface area contributed by atoms with Gasteiger partial charge in [-0.3, -0.25) is 0 Å². The number of para-hydroxylation sites is 2. The summed E-state index contributed by atoms with van der Waals surface area (Å²) in [5, 5.41) is 0. The molecule has 1 aromatic heterocycles.